The first-order valence-corrected chi connectivity index (χ1v) is 11.9. The molecule has 1 aromatic rings. The normalized spacial score (nSPS) is 14.7. The van der Waals surface area contributed by atoms with Crippen LogP contribution >= 0.6 is 0 Å². The monoisotopic (exact) mass is 478 g/mol. The third-order valence-corrected chi connectivity index (χ3v) is 5.40. The Morgan fingerprint density at radius 2 is 1.68 bits per heavy atom. The molecule has 1 amide bonds. The summed E-state index contributed by atoms with van der Waals surface area (Å²) in [6.07, 6.45) is 8.53. The molecule has 0 fully saturated rings. The zero-order valence-corrected chi connectivity index (χ0v) is 20.5. The molecule has 0 bridgehead atoms. The van der Waals surface area contributed by atoms with Crippen LogP contribution in [0.5, 0.6) is 0 Å². The fourth-order valence-corrected chi connectivity index (χ4v) is 3.66. The third-order valence-electron chi connectivity index (χ3n) is 5.40. The Morgan fingerprint density at radius 1 is 0.971 bits per heavy atom. The van der Waals surface area contributed by atoms with Gasteiger partial charge in [-0.2, -0.15) is 0 Å². The molecule has 9 nitrogen and oxygen atoms in total. The fourth-order valence-electron chi connectivity index (χ4n) is 3.66. The van der Waals surface area contributed by atoms with Crippen LogP contribution in [0.3, 0.4) is 0 Å². The first kappa shape index (κ1) is 27.5. The second-order valence-corrected chi connectivity index (χ2v) is 8.14. The number of aromatic amines is 1. The second kappa shape index (κ2) is 15.2. The molecule has 0 aromatic carbocycles. The standard InChI is InChI=1S/C25H38N2O7/c1-4-5-9-18-16-19(26-20(18)10-7-6-8-11-22(28)29)17-21-23(33-14-12-31-2)24(25(30)27-21)34-15-13-32-3/h16-17,26H,4-15H2,1-3H3,(H,27,30)(H,28,29). The molecule has 1 aromatic heterocycles. The second-order valence-electron chi connectivity index (χ2n) is 8.14. The minimum absolute atomic E-state index is 0.135. The van der Waals surface area contributed by atoms with Crippen molar-refractivity contribution in [1.29, 1.82) is 0 Å². The van der Waals surface area contributed by atoms with Gasteiger partial charge in [-0.05, 0) is 49.8 Å². The van der Waals surface area contributed by atoms with Crippen LogP contribution in [0.25, 0.3) is 6.08 Å². The summed E-state index contributed by atoms with van der Waals surface area (Å²) in [7, 11) is 3.15. The van der Waals surface area contributed by atoms with Crippen LogP contribution in [0.15, 0.2) is 23.3 Å². The number of carboxylic acid groups (broad SMARTS) is 1. The van der Waals surface area contributed by atoms with Crippen molar-refractivity contribution in [3.05, 3.63) is 40.2 Å². The minimum atomic E-state index is -0.752. The summed E-state index contributed by atoms with van der Waals surface area (Å²) in [6, 6.07) is 2.11. The number of hydrogen-bond acceptors (Lipinski definition) is 6. The van der Waals surface area contributed by atoms with E-state index in [9.17, 15) is 9.59 Å². The molecule has 0 atom stereocenters. The predicted octanol–water partition coefficient (Wildman–Crippen LogP) is 3.55. The minimum Gasteiger partial charge on any atom is -0.485 e. The number of carbonyl (C=O) groups excluding carboxylic acids is 1. The average Bonchev–Trinajstić information content (AvgIpc) is 3.32. The van der Waals surface area contributed by atoms with Crippen LogP contribution in [0.1, 0.15) is 62.4 Å². The Kier molecular flexibility index (Phi) is 12.3. The number of H-pyrrole nitrogens is 1. The van der Waals surface area contributed by atoms with Crippen LogP contribution < -0.4 is 5.32 Å². The molecule has 34 heavy (non-hydrogen) atoms. The molecule has 0 spiro atoms. The Labute approximate surface area is 201 Å². The maximum Gasteiger partial charge on any atom is 0.303 e. The number of amides is 1. The van der Waals surface area contributed by atoms with E-state index in [4.69, 9.17) is 24.1 Å². The summed E-state index contributed by atoms with van der Waals surface area (Å²) in [6.45, 7) is 3.41. The van der Waals surface area contributed by atoms with Gasteiger partial charge in [0.1, 0.15) is 13.2 Å². The highest BCUT2D eigenvalue weighted by Gasteiger charge is 2.31. The molecule has 0 radical (unpaired) electrons. The zero-order valence-electron chi connectivity index (χ0n) is 20.5. The number of aromatic nitrogens is 1. The van der Waals surface area contributed by atoms with E-state index in [1.807, 2.05) is 6.08 Å². The van der Waals surface area contributed by atoms with Gasteiger partial charge < -0.3 is 34.4 Å². The van der Waals surface area contributed by atoms with Gasteiger partial charge in [0, 0.05) is 32.0 Å². The Hall–Kier alpha value is -2.78. The highest BCUT2D eigenvalue weighted by molar-refractivity contribution is 5.99. The largest absolute Gasteiger partial charge is 0.485 e. The average molecular weight is 479 g/mol. The van der Waals surface area contributed by atoms with Crippen molar-refractivity contribution in [2.75, 3.05) is 40.6 Å². The Bertz CT molecular complexity index is 857. The van der Waals surface area contributed by atoms with Gasteiger partial charge in [0.05, 0.1) is 18.9 Å². The number of methoxy groups -OCH3 is 2. The summed E-state index contributed by atoms with van der Waals surface area (Å²) < 4.78 is 21.5. The molecule has 2 heterocycles. The SMILES string of the molecule is CCCCc1cc(C=C2NC(=O)C(OCCOC)=C2OCCOC)[nH]c1CCCCCC(=O)O. The zero-order chi connectivity index (χ0) is 24.8. The summed E-state index contributed by atoms with van der Waals surface area (Å²) >= 11 is 0. The molecule has 190 valence electrons. The highest BCUT2D eigenvalue weighted by atomic mass is 16.6. The van der Waals surface area contributed by atoms with E-state index in [1.54, 1.807) is 14.2 Å². The number of ether oxygens (including phenoxy) is 4. The van der Waals surface area contributed by atoms with Crippen molar-refractivity contribution in [1.82, 2.24) is 10.3 Å². The molecule has 0 aliphatic carbocycles. The molecule has 3 N–H and O–H groups in total. The Balaban J connectivity index is 2.20. The van der Waals surface area contributed by atoms with Crippen LogP contribution in [0.4, 0.5) is 0 Å². The van der Waals surface area contributed by atoms with Gasteiger partial charge in [0.25, 0.3) is 5.91 Å². The van der Waals surface area contributed by atoms with Crippen molar-refractivity contribution >= 4 is 18.0 Å². The van der Waals surface area contributed by atoms with Crippen LogP contribution in [-0.4, -0.2) is 62.6 Å². The lowest BCUT2D eigenvalue weighted by molar-refractivity contribution is -0.137. The lowest BCUT2D eigenvalue weighted by Crippen LogP contribution is -2.18. The van der Waals surface area contributed by atoms with E-state index in [2.05, 4.69) is 23.3 Å². The van der Waals surface area contributed by atoms with Crippen molar-refractivity contribution in [2.24, 2.45) is 0 Å². The van der Waals surface area contributed by atoms with Gasteiger partial charge >= 0.3 is 5.97 Å². The number of aryl methyl sites for hydroxylation is 2. The van der Waals surface area contributed by atoms with Crippen LogP contribution in [0, 0.1) is 0 Å². The fraction of sp³-hybridized carbons (Fsp3) is 0.600. The van der Waals surface area contributed by atoms with Gasteiger partial charge in [0.2, 0.25) is 5.76 Å². The van der Waals surface area contributed by atoms with E-state index >= 15 is 0 Å². The maximum atomic E-state index is 12.5. The van der Waals surface area contributed by atoms with E-state index in [-0.39, 0.29) is 31.3 Å². The summed E-state index contributed by atoms with van der Waals surface area (Å²) in [5.41, 5.74) is 3.80. The molecule has 1 aliphatic rings. The predicted molar refractivity (Wildman–Crippen MR) is 128 cm³/mol. The van der Waals surface area contributed by atoms with E-state index in [1.165, 1.54) is 5.56 Å². The van der Waals surface area contributed by atoms with Crippen LogP contribution in [0.2, 0.25) is 0 Å². The Morgan fingerprint density at radius 3 is 2.32 bits per heavy atom. The molecule has 1 aliphatic heterocycles. The first-order valence-electron chi connectivity index (χ1n) is 11.9. The van der Waals surface area contributed by atoms with Gasteiger partial charge in [-0.15, -0.1) is 0 Å². The third kappa shape index (κ3) is 8.87. The lowest BCUT2D eigenvalue weighted by Gasteiger charge is -2.10. The van der Waals surface area contributed by atoms with Crippen molar-refractivity contribution in [3.63, 3.8) is 0 Å². The molecule has 0 unspecified atom stereocenters. The molecular weight excluding hydrogens is 440 g/mol. The topological polar surface area (TPSA) is 119 Å². The summed E-state index contributed by atoms with van der Waals surface area (Å²) in [5, 5.41) is 11.7. The summed E-state index contributed by atoms with van der Waals surface area (Å²) in [5.74, 6) is -0.613. The molecule has 9 heteroatoms. The maximum absolute atomic E-state index is 12.5. The van der Waals surface area contributed by atoms with Gasteiger partial charge in [-0.25, -0.2) is 0 Å². The number of unbranched alkanes of at least 4 members (excludes halogenated alkanes) is 3. The number of rotatable bonds is 18. The van der Waals surface area contributed by atoms with Crippen molar-refractivity contribution in [2.45, 2.75) is 58.3 Å². The highest BCUT2D eigenvalue weighted by Crippen LogP contribution is 2.26. The van der Waals surface area contributed by atoms with Gasteiger partial charge in [-0.1, -0.05) is 19.8 Å². The lowest BCUT2D eigenvalue weighted by atomic mass is 10.0. The number of carboxylic acids is 1. The number of hydrogen-bond donors (Lipinski definition) is 3. The molecule has 2 rings (SSSR count). The molecule has 0 saturated heterocycles. The number of carbonyl (C=O) groups is 2. The van der Waals surface area contributed by atoms with Crippen molar-refractivity contribution in [3.8, 4) is 0 Å². The smallest absolute Gasteiger partial charge is 0.303 e. The van der Waals surface area contributed by atoms with Crippen LogP contribution in [-0.2, 0) is 41.4 Å². The number of nitrogens with one attached hydrogen (secondary N) is 2. The summed E-state index contributed by atoms with van der Waals surface area (Å²) in [4.78, 5) is 26.7. The van der Waals surface area contributed by atoms with Gasteiger partial charge in [0.15, 0.2) is 5.76 Å². The van der Waals surface area contributed by atoms with Gasteiger partial charge in [-0.3, -0.25) is 9.59 Å². The quantitative estimate of drug-likeness (QED) is 0.276. The molecule has 0 saturated carbocycles. The van der Waals surface area contributed by atoms with Crippen molar-refractivity contribution < 1.29 is 33.6 Å². The molecular formula is C25H38N2O7. The van der Waals surface area contributed by atoms with E-state index in [0.29, 0.717) is 31.1 Å². The number of aliphatic carboxylic acids is 1. The first-order chi connectivity index (χ1) is 16.5. The van der Waals surface area contributed by atoms with E-state index < -0.39 is 5.97 Å². The van der Waals surface area contributed by atoms with E-state index in [0.717, 1.165) is 49.9 Å².